The summed E-state index contributed by atoms with van der Waals surface area (Å²) < 4.78 is 10.9. The van der Waals surface area contributed by atoms with E-state index in [2.05, 4.69) is 17.2 Å². The fourth-order valence-electron chi connectivity index (χ4n) is 1.58. The molecule has 0 aromatic carbocycles. The largest absolute Gasteiger partial charge is 0.470 e. The van der Waals surface area contributed by atoms with Crippen molar-refractivity contribution in [1.29, 1.82) is 0 Å². The fraction of sp³-hybridized carbons (Fsp3) is 0.643. The van der Waals surface area contributed by atoms with Gasteiger partial charge in [-0.15, -0.1) is 0 Å². The maximum atomic E-state index is 5.88. The lowest BCUT2D eigenvalue weighted by molar-refractivity contribution is 0.125. The molecule has 3 N–H and O–H groups in total. The van der Waals surface area contributed by atoms with E-state index in [9.17, 15) is 0 Å². The van der Waals surface area contributed by atoms with Crippen LogP contribution in [-0.4, -0.2) is 30.3 Å². The first-order valence-electron chi connectivity index (χ1n) is 6.56. The summed E-state index contributed by atoms with van der Waals surface area (Å²) in [7, 11) is 1.69. The number of nitrogen functional groups attached to an aromatic ring is 1. The molecular formula is C14H25N3O2. The van der Waals surface area contributed by atoms with Crippen LogP contribution in [0.15, 0.2) is 12.1 Å². The molecule has 5 heteroatoms. The SMILES string of the molecule is CCC(COC)Nc1ccc(N)c(OC(C)(C)C)n1. The molecule has 0 radical (unpaired) electrons. The molecule has 0 aliphatic rings. The predicted octanol–water partition coefficient (Wildman–Crippen LogP) is 2.68. The highest BCUT2D eigenvalue weighted by atomic mass is 16.5. The van der Waals surface area contributed by atoms with Crippen molar-refractivity contribution in [2.45, 2.75) is 45.8 Å². The Morgan fingerprint density at radius 1 is 1.37 bits per heavy atom. The molecule has 1 aromatic heterocycles. The van der Waals surface area contributed by atoms with Crippen LogP contribution < -0.4 is 15.8 Å². The lowest BCUT2D eigenvalue weighted by Crippen LogP contribution is -2.26. The molecule has 0 fully saturated rings. The standard InChI is InChI=1S/C14H25N3O2/c1-6-10(9-18-5)16-12-8-7-11(15)13(17-12)19-14(2,3)4/h7-8,10H,6,9,15H2,1-5H3,(H,16,17). The number of methoxy groups -OCH3 is 1. The fourth-order valence-corrected chi connectivity index (χ4v) is 1.58. The van der Waals surface area contributed by atoms with Crippen LogP contribution in [-0.2, 0) is 4.74 Å². The Kier molecular flexibility index (Phi) is 5.42. The summed E-state index contributed by atoms with van der Waals surface area (Å²) in [6.45, 7) is 8.63. The van der Waals surface area contributed by atoms with Crippen molar-refractivity contribution in [2.75, 3.05) is 24.8 Å². The van der Waals surface area contributed by atoms with Gasteiger partial charge in [0.1, 0.15) is 11.4 Å². The van der Waals surface area contributed by atoms with Crippen molar-refractivity contribution < 1.29 is 9.47 Å². The van der Waals surface area contributed by atoms with E-state index in [-0.39, 0.29) is 11.6 Å². The van der Waals surface area contributed by atoms with Gasteiger partial charge in [0, 0.05) is 7.11 Å². The molecule has 1 heterocycles. The van der Waals surface area contributed by atoms with Gasteiger partial charge in [0.2, 0.25) is 5.88 Å². The molecule has 1 unspecified atom stereocenters. The Hall–Kier alpha value is -1.49. The van der Waals surface area contributed by atoms with Crippen molar-refractivity contribution in [3.8, 4) is 5.88 Å². The lowest BCUT2D eigenvalue weighted by atomic mass is 10.2. The summed E-state index contributed by atoms with van der Waals surface area (Å²) in [5.41, 5.74) is 6.10. The lowest BCUT2D eigenvalue weighted by Gasteiger charge is -2.22. The van der Waals surface area contributed by atoms with Crippen LogP contribution in [0.3, 0.4) is 0 Å². The van der Waals surface area contributed by atoms with Gasteiger partial charge in [-0.05, 0) is 39.3 Å². The van der Waals surface area contributed by atoms with Crippen LogP contribution >= 0.6 is 0 Å². The van der Waals surface area contributed by atoms with Crippen molar-refractivity contribution in [3.63, 3.8) is 0 Å². The third kappa shape index (κ3) is 5.34. The van der Waals surface area contributed by atoms with E-state index in [4.69, 9.17) is 15.2 Å². The zero-order valence-electron chi connectivity index (χ0n) is 12.5. The van der Waals surface area contributed by atoms with Gasteiger partial charge in [0.05, 0.1) is 18.3 Å². The third-order valence-electron chi connectivity index (χ3n) is 2.51. The first-order chi connectivity index (χ1) is 8.85. The van der Waals surface area contributed by atoms with Gasteiger partial charge < -0.3 is 20.5 Å². The number of ether oxygens (including phenoxy) is 2. The van der Waals surface area contributed by atoms with Gasteiger partial charge >= 0.3 is 0 Å². The second kappa shape index (κ2) is 6.61. The number of rotatable bonds is 6. The Morgan fingerprint density at radius 2 is 2.05 bits per heavy atom. The van der Waals surface area contributed by atoms with Crippen molar-refractivity contribution in [2.24, 2.45) is 0 Å². The molecule has 0 saturated heterocycles. The minimum absolute atomic E-state index is 0.226. The van der Waals surface area contributed by atoms with Crippen molar-refractivity contribution in [3.05, 3.63) is 12.1 Å². The number of anilines is 2. The van der Waals surface area contributed by atoms with E-state index >= 15 is 0 Å². The zero-order valence-corrected chi connectivity index (χ0v) is 12.5. The van der Waals surface area contributed by atoms with E-state index in [1.807, 2.05) is 26.8 Å². The first-order valence-corrected chi connectivity index (χ1v) is 6.56. The summed E-state index contributed by atoms with van der Waals surface area (Å²) in [6.07, 6.45) is 0.954. The van der Waals surface area contributed by atoms with Crippen molar-refractivity contribution in [1.82, 2.24) is 4.98 Å². The van der Waals surface area contributed by atoms with E-state index < -0.39 is 0 Å². The molecule has 0 aliphatic heterocycles. The molecule has 5 nitrogen and oxygen atoms in total. The molecule has 1 rings (SSSR count). The maximum absolute atomic E-state index is 5.88. The van der Waals surface area contributed by atoms with Crippen LogP contribution in [0, 0.1) is 0 Å². The Morgan fingerprint density at radius 3 is 2.58 bits per heavy atom. The van der Waals surface area contributed by atoms with E-state index in [1.165, 1.54) is 0 Å². The van der Waals surface area contributed by atoms with Gasteiger partial charge in [0.15, 0.2) is 0 Å². The molecule has 0 spiro atoms. The molecule has 0 amide bonds. The summed E-state index contributed by atoms with van der Waals surface area (Å²) in [6, 6.07) is 3.88. The number of hydrogen-bond acceptors (Lipinski definition) is 5. The van der Waals surface area contributed by atoms with Gasteiger partial charge in [-0.1, -0.05) is 6.92 Å². The van der Waals surface area contributed by atoms with Crippen LogP contribution in [0.1, 0.15) is 34.1 Å². The van der Waals surface area contributed by atoms with Gasteiger partial charge in [-0.3, -0.25) is 0 Å². The molecule has 1 aromatic rings. The van der Waals surface area contributed by atoms with Gasteiger partial charge in [-0.25, -0.2) is 0 Å². The molecule has 0 aliphatic carbocycles. The van der Waals surface area contributed by atoms with E-state index in [0.29, 0.717) is 18.2 Å². The highest BCUT2D eigenvalue weighted by Gasteiger charge is 2.16. The molecule has 0 saturated carbocycles. The molecule has 19 heavy (non-hydrogen) atoms. The Bertz CT molecular complexity index is 402. The average Bonchev–Trinajstić information content (AvgIpc) is 2.31. The van der Waals surface area contributed by atoms with E-state index in [0.717, 1.165) is 12.2 Å². The maximum Gasteiger partial charge on any atom is 0.239 e. The Balaban J connectivity index is 2.83. The van der Waals surface area contributed by atoms with E-state index in [1.54, 1.807) is 13.2 Å². The molecule has 1 atom stereocenters. The monoisotopic (exact) mass is 267 g/mol. The predicted molar refractivity (Wildman–Crippen MR) is 78.6 cm³/mol. The average molecular weight is 267 g/mol. The highest BCUT2D eigenvalue weighted by molar-refractivity contribution is 5.54. The third-order valence-corrected chi connectivity index (χ3v) is 2.51. The topological polar surface area (TPSA) is 69.4 Å². The van der Waals surface area contributed by atoms with Crippen LogP contribution in [0.4, 0.5) is 11.5 Å². The minimum Gasteiger partial charge on any atom is -0.470 e. The highest BCUT2D eigenvalue weighted by Crippen LogP contribution is 2.25. The minimum atomic E-state index is -0.323. The summed E-state index contributed by atoms with van der Waals surface area (Å²) in [5, 5.41) is 3.31. The smallest absolute Gasteiger partial charge is 0.239 e. The number of aromatic nitrogens is 1. The number of hydrogen-bond donors (Lipinski definition) is 2. The van der Waals surface area contributed by atoms with Gasteiger partial charge in [0.25, 0.3) is 0 Å². The van der Waals surface area contributed by atoms with Crippen LogP contribution in [0.5, 0.6) is 5.88 Å². The Labute approximate surface area is 115 Å². The molecule has 0 bridgehead atoms. The molecular weight excluding hydrogens is 242 g/mol. The summed E-state index contributed by atoms with van der Waals surface area (Å²) in [5.74, 6) is 1.21. The number of nitrogens with zero attached hydrogens (tertiary/aromatic N) is 1. The zero-order chi connectivity index (χ0) is 14.5. The summed E-state index contributed by atoms with van der Waals surface area (Å²) >= 11 is 0. The number of nitrogens with two attached hydrogens (primary N) is 1. The first kappa shape index (κ1) is 15.6. The second-order valence-corrected chi connectivity index (χ2v) is 5.51. The van der Waals surface area contributed by atoms with Gasteiger partial charge in [-0.2, -0.15) is 4.98 Å². The van der Waals surface area contributed by atoms with Crippen molar-refractivity contribution >= 4 is 11.5 Å². The number of nitrogens with one attached hydrogen (secondary N) is 1. The quantitative estimate of drug-likeness (QED) is 0.829. The summed E-state index contributed by atoms with van der Waals surface area (Å²) in [4.78, 5) is 4.41. The van der Waals surface area contributed by atoms with Crippen LogP contribution in [0.2, 0.25) is 0 Å². The second-order valence-electron chi connectivity index (χ2n) is 5.51. The number of pyridine rings is 1. The van der Waals surface area contributed by atoms with Crippen LogP contribution in [0.25, 0.3) is 0 Å². The normalized spacial score (nSPS) is 13.1. The molecule has 108 valence electrons.